The van der Waals surface area contributed by atoms with Crippen LogP contribution in [0, 0.1) is 0 Å². The fourth-order valence-corrected chi connectivity index (χ4v) is 2.43. The van der Waals surface area contributed by atoms with Crippen molar-refractivity contribution in [2.75, 3.05) is 27.4 Å². The van der Waals surface area contributed by atoms with E-state index in [1.807, 2.05) is 13.8 Å². The van der Waals surface area contributed by atoms with Crippen LogP contribution in [-0.4, -0.2) is 39.0 Å². The lowest BCUT2D eigenvalue weighted by molar-refractivity contribution is 0.0816. The number of benzene rings is 2. The monoisotopic (exact) mass is 358 g/mol. The van der Waals surface area contributed by atoms with Gasteiger partial charge < -0.3 is 18.9 Å². The molecule has 6 heteroatoms. The summed E-state index contributed by atoms with van der Waals surface area (Å²) in [7, 11) is 2.95. The van der Waals surface area contributed by atoms with Crippen LogP contribution >= 0.6 is 0 Å². The Morgan fingerprint density at radius 1 is 0.692 bits per heavy atom. The van der Waals surface area contributed by atoms with Crippen LogP contribution in [0.2, 0.25) is 0 Å². The number of ketones is 2. The molecule has 0 unspecified atom stereocenters. The van der Waals surface area contributed by atoms with Gasteiger partial charge in [0.1, 0.15) is 0 Å². The molecule has 6 nitrogen and oxygen atoms in total. The van der Waals surface area contributed by atoms with Crippen LogP contribution in [0.25, 0.3) is 0 Å². The highest BCUT2D eigenvalue weighted by Crippen LogP contribution is 2.30. The second-order valence-corrected chi connectivity index (χ2v) is 5.26. The molecular weight excluding hydrogens is 336 g/mol. The smallest absolute Gasteiger partial charge is 0.233 e. The van der Waals surface area contributed by atoms with Crippen LogP contribution in [0.4, 0.5) is 0 Å². The van der Waals surface area contributed by atoms with E-state index in [4.69, 9.17) is 18.9 Å². The Hall–Kier alpha value is -3.02. The fraction of sp³-hybridized carbons (Fsp3) is 0.300. The Bertz CT molecular complexity index is 729. The first kappa shape index (κ1) is 19.3. The summed E-state index contributed by atoms with van der Waals surface area (Å²) in [5, 5.41) is 0. The van der Waals surface area contributed by atoms with Crippen molar-refractivity contribution in [3.63, 3.8) is 0 Å². The molecular formula is C20H22O6. The lowest BCUT2D eigenvalue weighted by atomic mass is 10.0. The molecule has 0 amide bonds. The van der Waals surface area contributed by atoms with Crippen molar-refractivity contribution in [1.82, 2.24) is 0 Å². The first-order chi connectivity index (χ1) is 12.5. The van der Waals surface area contributed by atoms with Gasteiger partial charge in [0.15, 0.2) is 23.0 Å². The molecule has 2 aromatic rings. The highest BCUT2D eigenvalue weighted by Gasteiger charge is 2.21. The van der Waals surface area contributed by atoms with E-state index in [0.29, 0.717) is 36.2 Å². The Balaban J connectivity index is 2.31. The third-order valence-corrected chi connectivity index (χ3v) is 3.66. The topological polar surface area (TPSA) is 71.1 Å². The van der Waals surface area contributed by atoms with E-state index in [-0.39, 0.29) is 11.1 Å². The molecule has 2 aromatic carbocycles. The van der Waals surface area contributed by atoms with Crippen molar-refractivity contribution in [3.05, 3.63) is 47.5 Å². The second kappa shape index (κ2) is 8.89. The molecule has 26 heavy (non-hydrogen) atoms. The summed E-state index contributed by atoms with van der Waals surface area (Å²) in [4.78, 5) is 25.1. The van der Waals surface area contributed by atoms with E-state index in [9.17, 15) is 9.59 Å². The fourth-order valence-electron chi connectivity index (χ4n) is 2.43. The molecule has 0 atom stereocenters. The number of rotatable bonds is 9. The van der Waals surface area contributed by atoms with Crippen LogP contribution in [-0.2, 0) is 0 Å². The lowest BCUT2D eigenvalue weighted by Gasteiger charge is -2.11. The van der Waals surface area contributed by atoms with Crippen LogP contribution < -0.4 is 18.9 Å². The number of Topliss-reactive ketones (excluding diaryl/α,β-unsaturated/α-hetero) is 2. The van der Waals surface area contributed by atoms with E-state index in [1.165, 1.54) is 26.4 Å². The zero-order valence-electron chi connectivity index (χ0n) is 15.3. The molecule has 0 spiro atoms. The summed E-state index contributed by atoms with van der Waals surface area (Å²) in [6.07, 6.45) is 0. The maximum absolute atomic E-state index is 12.6. The Morgan fingerprint density at radius 3 is 1.38 bits per heavy atom. The normalized spacial score (nSPS) is 10.2. The maximum Gasteiger partial charge on any atom is 0.233 e. The van der Waals surface area contributed by atoms with Crippen molar-refractivity contribution in [3.8, 4) is 23.0 Å². The average Bonchev–Trinajstić information content (AvgIpc) is 2.67. The average molecular weight is 358 g/mol. The summed E-state index contributed by atoms with van der Waals surface area (Å²) >= 11 is 0. The first-order valence-electron chi connectivity index (χ1n) is 8.26. The third-order valence-electron chi connectivity index (χ3n) is 3.66. The minimum Gasteiger partial charge on any atom is -0.493 e. The largest absolute Gasteiger partial charge is 0.493 e. The molecule has 138 valence electrons. The van der Waals surface area contributed by atoms with Crippen LogP contribution in [0.3, 0.4) is 0 Å². The van der Waals surface area contributed by atoms with Gasteiger partial charge in [-0.25, -0.2) is 0 Å². The van der Waals surface area contributed by atoms with Gasteiger partial charge in [-0.05, 0) is 50.2 Å². The highest BCUT2D eigenvalue weighted by molar-refractivity contribution is 6.49. The third kappa shape index (κ3) is 4.14. The van der Waals surface area contributed by atoms with Crippen molar-refractivity contribution < 1.29 is 28.5 Å². The summed E-state index contributed by atoms with van der Waals surface area (Å²) in [6, 6.07) is 9.30. The van der Waals surface area contributed by atoms with E-state index in [0.717, 1.165) is 0 Å². The van der Waals surface area contributed by atoms with Gasteiger partial charge in [-0.3, -0.25) is 9.59 Å². The SMILES string of the molecule is CCOc1ccc(C(=O)C(=O)c2ccc(OCC)c(OC)c2)cc1OC. The summed E-state index contributed by atoms with van der Waals surface area (Å²) < 4.78 is 21.3. The molecule has 0 aromatic heterocycles. The van der Waals surface area contributed by atoms with Gasteiger partial charge in [-0.2, -0.15) is 0 Å². The predicted molar refractivity (Wildman–Crippen MR) is 97.0 cm³/mol. The molecule has 0 aliphatic rings. The number of carbonyl (C=O) groups is 2. The molecule has 0 heterocycles. The summed E-state index contributed by atoms with van der Waals surface area (Å²) in [5.41, 5.74) is 0.450. The zero-order valence-corrected chi connectivity index (χ0v) is 15.3. The molecule has 0 fully saturated rings. The molecule has 0 aliphatic heterocycles. The minimum atomic E-state index is -0.641. The van der Waals surface area contributed by atoms with Gasteiger partial charge in [0.2, 0.25) is 11.6 Å². The Labute approximate surface area is 152 Å². The second-order valence-electron chi connectivity index (χ2n) is 5.26. The van der Waals surface area contributed by atoms with Crippen molar-refractivity contribution in [2.24, 2.45) is 0 Å². The van der Waals surface area contributed by atoms with Gasteiger partial charge in [0, 0.05) is 11.1 Å². The van der Waals surface area contributed by atoms with E-state index >= 15 is 0 Å². The van der Waals surface area contributed by atoms with Gasteiger partial charge in [0.05, 0.1) is 27.4 Å². The van der Waals surface area contributed by atoms with Gasteiger partial charge in [0.25, 0.3) is 0 Å². The van der Waals surface area contributed by atoms with E-state index in [2.05, 4.69) is 0 Å². The molecule has 0 saturated carbocycles. The van der Waals surface area contributed by atoms with Gasteiger partial charge in [-0.15, -0.1) is 0 Å². The molecule has 0 bridgehead atoms. The van der Waals surface area contributed by atoms with Crippen molar-refractivity contribution in [2.45, 2.75) is 13.8 Å². The number of hydrogen-bond donors (Lipinski definition) is 0. The predicted octanol–water partition coefficient (Wildman–Crippen LogP) is 3.57. The zero-order chi connectivity index (χ0) is 19.1. The molecule has 0 N–H and O–H groups in total. The lowest BCUT2D eigenvalue weighted by Crippen LogP contribution is -2.15. The van der Waals surface area contributed by atoms with Gasteiger partial charge in [-0.1, -0.05) is 0 Å². The van der Waals surface area contributed by atoms with E-state index in [1.54, 1.807) is 24.3 Å². The number of methoxy groups -OCH3 is 2. The molecule has 2 rings (SSSR count). The van der Waals surface area contributed by atoms with Crippen molar-refractivity contribution in [1.29, 1.82) is 0 Å². The maximum atomic E-state index is 12.6. The molecule has 0 radical (unpaired) electrons. The minimum absolute atomic E-state index is 0.225. The van der Waals surface area contributed by atoms with Crippen LogP contribution in [0.15, 0.2) is 36.4 Å². The highest BCUT2D eigenvalue weighted by atomic mass is 16.5. The quantitative estimate of drug-likeness (QED) is 0.504. The molecule has 0 saturated heterocycles. The van der Waals surface area contributed by atoms with Crippen molar-refractivity contribution >= 4 is 11.6 Å². The number of ether oxygens (including phenoxy) is 4. The molecule has 0 aliphatic carbocycles. The number of hydrogen-bond acceptors (Lipinski definition) is 6. The van der Waals surface area contributed by atoms with Crippen LogP contribution in [0.1, 0.15) is 34.6 Å². The van der Waals surface area contributed by atoms with Gasteiger partial charge >= 0.3 is 0 Å². The Morgan fingerprint density at radius 2 is 1.08 bits per heavy atom. The summed E-state index contributed by atoms with van der Waals surface area (Å²) in [5.74, 6) is 0.545. The Kier molecular flexibility index (Phi) is 6.60. The first-order valence-corrected chi connectivity index (χ1v) is 8.26. The number of carbonyl (C=O) groups excluding carboxylic acids is 2. The van der Waals surface area contributed by atoms with Crippen LogP contribution in [0.5, 0.6) is 23.0 Å². The summed E-state index contributed by atoms with van der Waals surface area (Å²) in [6.45, 7) is 4.63. The standard InChI is InChI=1S/C20H22O6/c1-5-25-15-9-7-13(11-17(15)23-3)19(21)20(22)14-8-10-16(26-6-2)18(12-14)24-4/h7-12H,5-6H2,1-4H3. The van der Waals surface area contributed by atoms with E-state index < -0.39 is 11.6 Å².